The number of alkyl halides is 3. The molecule has 0 saturated heterocycles. The van der Waals surface area contributed by atoms with Crippen LogP contribution in [-0.4, -0.2) is 39.6 Å². The molecular formula is C17H14ClF3N2O5S. The molecule has 0 bridgehead atoms. The monoisotopic (exact) mass is 450 g/mol. The second-order valence-electron chi connectivity index (χ2n) is 6.07. The summed E-state index contributed by atoms with van der Waals surface area (Å²) in [5.41, 5.74) is 0.388. The molecular weight excluding hydrogens is 437 g/mol. The number of amides is 1. The molecule has 1 atom stereocenters. The van der Waals surface area contributed by atoms with Crippen LogP contribution in [0.15, 0.2) is 42.5 Å². The number of sulfonamides is 1. The molecule has 2 aromatic carbocycles. The number of nitrogens with one attached hydrogen (secondary N) is 1. The zero-order valence-corrected chi connectivity index (χ0v) is 16.3. The Balaban J connectivity index is 1.77. The van der Waals surface area contributed by atoms with Gasteiger partial charge in [-0.1, -0.05) is 11.6 Å². The zero-order chi connectivity index (χ0) is 21.4. The summed E-state index contributed by atoms with van der Waals surface area (Å²) in [6.45, 7) is -0.298. The number of anilines is 2. The maximum atomic E-state index is 12.5. The fourth-order valence-corrected chi connectivity index (χ4v) is 3.71. The SMILES string of the molecule is CS(=O)(=O)N1CC(C(=O)Nc2ccc(OC(F)(F)F)cc2)Oc2ccc(Cl)cc21. The first-order valence-corrected chi connectivity index (χ1v) is 10.3. The Morgan fingerprint density at radius 2 is 1.90 bits per heavy atom. The van der Waals surface area contributed by atoms with Gasteiger partial charge in [-0.15, -0.1) is 13.2 Å². The standard InChI is InChI=1S/C17H14ClF3N2O5S/c1-29(25,26)23-9-15(27-14-7-2-10(18)8-13(14)23)16(24)22-11-3-5-12(6-4-11)28-17(19,20)21/h2-8,15H,9H2,1H3,(H,22,24). The van der Waals surface area contributed by atoms with Gasteiger partial charge < -0.3 is 14.8 Å². The van der Waals surface area contributed by atoms with E-state index in [-0.39, 0.29) is 23.7 Å². The Labute approximate surface area is 169 Å². The Bertz CT molecular complexity index is 1030. The van der Waals surface area contributed by atoms with Crippen LogP contribution in [0.3, 0.4) is 0 Å². The topological polar surface area (TPSA) is 84.9 Å². The Hall–Kier alpha value is -2.66. The highest BCUT2D eigenvalue weighted by Gasteiger charge is 2.35. The van der Waals surface area contributed by atoms with Crippen LogP contribution < -0.4 is 19.1 Å². The Morgan fingerprint density at radius 1 is 1.24 bits per heavy atom. The highest BCUT2D eigenvalue weighted by atomic mass is 35.5. The number of fused-ring (bicyclic) bond motifs is 1. The van der Waals surface area contributed by atoms with Gasteiger partial charge in [0.2, 0.25) is 10.0 Å². The summed E-state index contributed by atoms with van der Waals surface area (Å²) in [7, 11) is -3.73. The van der Waals surface area contributed by atoms with Crippen molar-refractivity contribution in [3.63, 3.8) is 0 Å². The second-order valence-corrected chi connectivity index (χ2v) is 8.42. The van der Waals surface area contributed by atoms with Crippen molar-refractivity contribution in [3.05, 3.63) is 47.5 Å². The van der Waals surface area contributed by atoms with Crippen LogP contribution in [0.1, 0.15) is 0 Å². The lowest BCUT2D eigenvalue weighted by Crippen LogP contribution is -2.48. The van der Waals surface area contributed by atoms with Crippen LogP contribution in [0.25, 0.3) is 0 Å². The lowest BCUT2D eigenvalue weighted by atomic mass is 10.2. The normalized spacial score (nSPS) is 16.6. The molecule has 0 aromatic heterocycles. The molecule has 0 saturated carbocycles. The van der Waals surface area contributed by atoms with Crippen molar-refractivity contribution in [1.29, 1.82) is 0 Å². The van der Waals surface area contributed by atoms with Gasteiger partial charge in [-0.25, -0.2) is 8.42 Å². The molecule has 0 aliphatic carbocycles. The van der Waals surface area contributed by atoms with E-state index >= 15 is 0 Å². The molecule has 12 heteroatoms. The van der Waals surface area contributed by atoms with E-state index in [1.807, 2.05) is 0 Å². The van der Waals surface area contributed by atoms with Gasteiger partial charge in [0.05, 0.1) is 18.5 Å². The van der Waals surface area contributed by atoms with E-state index in [9.17, 15) is 26.4 Å². The third-order valence-corrected chi connectivity index (χ3v) is 5.22. The van der Waals surface area contributed by atoms with Gasteiger partial charge >= 0.3 is 6.36 Å². The average Bonchev–Trinajstić information content (AvgIpc) is 2.60. The molecule has 156 valence electrons. The molecule has 7 nitrogen and oxygen atoms in total. The van der Waals surface area contributed by atoms with Gasteiger partial charge in [-0.3, -0.25) is 9.10 Å². The van der Waals surface area contributed by atoms with Crippen LogP contribution in [0.2, 0.25) is 5.02 Å². The van der Waals surface area contributed by atoms with Gasteiger partial charge in [0.15, 0.2) is 6.10 Å². The second kappa shape index (κ2) is 7.64. The number of ether oxygens (including phenoxy) is 2. The summed E-state index contributed by atoms with van der Waals surface area (Å²) in [5, 5.41) is 2.76. The van der Waals surface area contributed by atoms with Gasteiger partial charge in [0.25, 0.3) is 5.91 Å². The maximum absolute atomic E-state index is 12.5. The molecule has 3 rings (SSSR count). The van der Waals surface area contributed by atoms with Crippen LogP contribution in [0.5, 0.6) is 11.5 Å². The number of carbonyl (C=O) groups excluding carboxylic acids is 1. The van der Waals surface area contributed by atoms with E-state index in [0.29, 0.717) is 5.02 Å². The number of halogens is 4. The summed E-state index contributed by atoms with van der Waals surface area (Å²) in [4.78, 5) is 12.5. The van der Waals surface area contributed by atoms with E-state index in [0.717, 1.165) is 22.7 Å². The van der Waals surface area contributed by atoms with Crippen LogP contribution in [0, 0.1) is 0 Å². The molecule has 1 N–H and O–H groups in total. The minimum atomic E-state index is -4.83. The number of hydrogen-bond acceptors (Lipinski definition) is 5. The van der Waals surface area contributed by atoms with Crippen molar-refractivity contribution in [3.8, 4) is 11.5 Å². The van der Waals surface area contributed by atoms with E-state index in [4.69, 9.17) is 16.3 Å². The minimum Gasteiger partial charge on any atom is -0.476 e. The fourth-order valence-electron chi connectivity index (χ4n) is 2.64. The van der Waals surface area contributed by atoms with Gasteiger partial charge in [0, 0.05) is 10.7 Å². The summed E-state index contributed by atoms with van der Waals surface area (Å²) < 4.78 is 71.2. The third-order valence-electron chi connectivity index (χ3n) is 3.84. The molecule has 0 fully saturated rings. The highest BCUT2D eigenvalue weighted by Crippen LogP contribution is 2.37. The highest BCUT2D eigenvalue weighted by molar-refractivity contribution is 7.92. The van der Waals surface area contributed by atoms with E-state index in [2.05, 4.69) is 10.1 Å². The predicted molar refractivity (Wildman–Crippen MR) is 99.8 cm³/mol. The first-order chi connectivity index (χ1) is 13.4. The average molecular weight is 451 g/mol. The van der Waals surface area contributed by atoms with Crippen molar-refractivity contribution in [2.75, 3.05) is 22.4 Å². The summed E-state index contributed by atoms with van der Waals surface area (Å²) in [5.74, 6) is -0.970. The van der Waals surface area contributed by atoms with E-state index < -0.39 is 34.1 Å². The van der Waals surface area contributed by atoms with Crippen molar-refractivity contribution in [1.82, 2.24) is 0 Å². The molecule has 29 heavy (non-hydrogen) atoms. The Morgan fingerprint density at radius 3 is 2.48 bits per heavy atom. The molecule has 0 radical (unpaired) electrons. The molecule has 0 spiro atoms. The molecule has 1 amide bonds. The van der Waals surface area contributed by atoms with Gasteiger partial charge in [0.1, 0.15) is 11.5 Å². The Kier molecular flexibility index (Phi) is 5.54. The maximum Gasteiger partial charge on any atom is 0.573 e. The van der Waals surface area contributed by atoms with E-state index in [1.165, 1.54) is 30.3 Å². The number of hydrogen-bond donors (Lipinski definition) is 1. The van der Waals surface area contributed by atoms with Gasteiger partial charge in [-0.05, 0) is 42.5 Å². The number of rotatable bonds is 4. The van der Waals surface area contributed by atoms with E-state index in [1.54, 1.807) is 0 Å². The summed E-state index contributed by atoms with van der Waals surface area (Å²) in [6, 6.07) is 8.83. The third kappa shape index (κ3) is 5.24. The first kappa shape index (κ1) is 21.1. The molecule has 1 aliphatic rings. The molecule has 1 heterocycles. The summed E-state index contributed by atoms with van der Waals surface area (Å²) >= 11 is 5.91. The van der Waals surface area contributed by atoms with Crippen molar-refractivity contribution < 1.29 is 35.9 Å². The summed E-state index contributed by atoms with van der Waals surface area (Å²) in [6.07, 6.45) is -5.03. The van der Waals surface area contributed by atoms with Crippen LogP contribution in [-0.2, 0) is 14.8 Å². The lowest BCUT2D eigenvalue weighted by molar-refractivity contribution is -0.274. The predicted octanol–water partition coefficient (Wildman–Crippen LogP) is 3.40. The number of nitrogens with zero attached hydrogens (tertiary/aromatic N) is 1. The molecule has 1 unspecified atom stereocenters. The van der Waals surface area contributed by atoms with Crippen molar-refractivity contribution in [2.24, 2.45) is 0 Å². The van der Waals surface area contributed by atoms with Crippen LogP contribution >= 0.6 is 11.6 Å². The fraction of sp³-hybridized carbons (Fsp3) is 0.235. The lowest BCUT2D eigenvalue weighted by Gasteiger charge is -2.34. The first-order valence-electron chi connectivity index (χ1n) is 8.03. The van der Waals surface area contributed by atoms with Gasteiger partial charge in [-0.2, -0.15) is 0 Å². The zero-order valence-electron chi connectivity index (χ0n) is 14.7. The number of benzene rings is 2. The minimum absolute atomic E-state index is 0.153. The molecule has 2 aromatic rings. The molecule has 1 aliphatic heterocycles. The van der Waals surface area contributed by atoms with Crippen molar-refractivity contribution in [2.45, 2.75) is 12.5 Å². The van der Waals surface area contributed by atoms with Crippen molar-refractivity contribution >= 4 is 38.9 Å². The smallest absolute Gasteiger partial charge is 0.476 e. The number of carbonyl (C=O) groups is 1. The quantitative estimate of drug-likeness (QED) is 0.771. The largest absolute Gasteiger partial charge is 0.573 e. The van der Waals surface area contributed by atoms with Crippen LogP contribution in [0.4, 0.5) is 24.5 Å².